The molecule has 2 heterocycles. The van der Waals surface area contributed by atoms with E-state index >= 15 is 0 Å². The van der Waals surface area contributed by atoms with E-state index in [1.165, 1.54) is 0 Å². The second-order valence-electron chi connectivity index (χ2n) is 8.08. The van der Waals surface area contributed by atoms with Gasteiger partial charge in [0.2, 0.25) is 0 Å². The maximum Gasteiger partial charge on any atom is 0.146 e. The Labute approximate surface area is 158 Å². The minimum Gasteiger partial charge on any atom is -0.254 e. The Morgan fingerprint density at radius 3 is 2.08 bits per heavy atom. The molecular formula is C23H28N2Si. The van der Waals surface area contributed by atoms with Gasteiger partial charge in [0.25, 0.3) is 0 Å². The summed E-state index contributed by atoms with van der Waals surface area (Å²) in [5.74, 6) is 3.50. The minimum atomic E-state index is -1.72. The largest absolute Gasteiger partial charge is 0.254 e. The van der Waals surface area contributed by atoms with E-state index in [0.717, 1.165) is 27.4 Å². The molecule has 0 amide bonds. The van der Waals surface area contributed by atoms with Crippen LogP contribution < -0.4 is 0 Å². The molecule has 134 valence electrons. The van der Waals surface area contributed by atoms with E-state index in [4.69, 9.17) is 4.98 Å². The molecule has 3 heteroatoms. The van der Waals surface area contributed by atoms with Crippen molar-refractivity contribution < 1.29 is 0 Å². The lowest BCUT2D eigenvalue weighted by molar-refractivity contribution is 0.838. The molecule has 0 unspecified atom stereocenters. The molecule has 0 atom stereocenters. The summed E-state index contributed by atoms with van der Waals surface area (Å²) in [7, 11) is -1.72. The van der Waals surface area contributed by atoms with Crippen molar-refractivity contribution in [3.63, 3.8) is 0 Å². The van der Waals surface area contributed by atoms with E-state index in [2.05, 4.69) is 82.3 Å². The summed E-state index contributed by atoms with van der Waals surface area (Å²) in [6.07, 6.45) is 3.73. The molecule has 2 nitrogen and oxygen atoms in total. The number of nitrogens with zero attached hydrogens (tertiary/aromatic N) is 2. The smallest absolute Gasteiger partial charge is 0.146 e. The molecule has 0 aliphatic carbocycles. The van der Waals surface area contributed by atoms with Crippen LogP contribution in [0.15, 0.2) is 42.7 Å². The van der Waals surface area contributed by atoms with Crippen LogP contribution in [0.3, 0.4) is 0 Å². The summed E-state index contributed by atoms with van der Waals surface area (Å²) >= 11 is 0. The molecule has 3 rings (SSSR count). The summed E-state index contributed by atoms with van der Waals surface area (Å²) in [6, 6.07) is 10.4. The molecule has 1 aromatic carbocycles. The lowest BCUT2D eigenvalue weighted by atomic mass is 10.1. The molecule has 0 bridgehead atoms. The maximum absolute atomic E-state index is 4.69. The van der Waals surface area contributed by atoms with Gasteiger partial charge in [-0.15, -0.1) is 5.54 Å². The summed E-state index contributed by atoms with van der Waals surface area (Å²) in [4.78, 5) is 9.20. The topological polar surface area (TPSA) is 25.8 Å². The number of rotatable bonds is 3. The van der Waals surface area contributed by atoms with Crippen molar-refractivity contribution in [3.05, 3.63) is 48.3 Å². The third kappa shape index (κ3) is 3.15. The average Bonchev–Trinajstić information content (AvgIpc) is 2.61. The monoisotopic (exact) mass is 360 g/mol. The number of hydrogen-bond donors (Lipinski definition) is 0. The molecule has 26 heavy (non-hydrogen) atoms. The highest BCUT2D eigenvalue weighted by molar-refractivity contribution is 6.90. The van der Waals surface area contributed by atoms with Crippen LogP contribution in [0.25, 0.3) is 21.8 Å². The van der Waals surface area contributed by atoms with Gasteiger partial charge in [0.05, 0.1) is 11.0 Å². The van der Waals surface area contributed by atoms with Crippen LogP contribution in [0.4, 0.5) is 0 Å². The molecule has 0 radical (unpaired) electrons. The molecule has 0 saturated heterocycles. The Morgan fingerprint density at radius 1 is 0.808 bits per heavy atom. The Kier molecular flexibility index (Phi) is 5.16. The van der Waals surface area contributed by atoms with Crippen molar-refractivity contribution in [1.82, 2.24) is 9.97 Å². The molecule has 3 aromatic rings. The van der Waals surface area contributed by atoms with Crippen LogP contribution in [0.1, 0.15) is 47.1 Å². The van der Waals surface area contributed by atoms with Crippen molar-refractivity contribution in [3.8, 4) is 11.5 Å². The van der Waals surface area contributed by atoms with Gasteiger partial charge in [-0.2, -0.15) is 0 Å². The highest BCUT2D eigenvalue weighted by Gasteiger charge is 2.41. The summed E-state index contributed by atoms with van der Waals surface area (Å²) in [5.41, 5.74) is 8.61. The van der Waals surface area contributed by atoms with Crippen LogP contribution >= 0.6 is 0 Å². The lowest BCUT2D eigenvalue weighted by Gasteiger charge is -2.38. The van der Waals surface area contributed by atoms with Crippen molar-refractivity contribution in [2.75, 3.05) is 0 Å². The second-order valence-corrected chi connectivity index (χ2v) is 13.7. The molecule has 0 saturated carbocycles. The standard InChI is InChI=1S/C23H28N2Si/c1-16(2)26(17(3)4,18(5)6)13-11-19-14-21-10-9-20-8-7-12-24-22(20)23(21)25-15-19/h7-10,12,14-18H,1-6H3. The molecular weight excluding hydrogens is 332 g/mol. The van der Waals surface area contributed by atoms with E-state index < -0.39 is 8.07 Å². The van der Waals surface area contributed by atoms with Crippen molar-refractivity contribution in [1.29, 1.82) is 0 Å². The fourth-order valence-electron chi connectivity index (χ4n) is 4.42. The van der Waals surface area contributed by atoms with E-state index in [-0.39, 0.29) is 0 Å². The first kappa shape index (κ1) is 18.6. The zero-order valence-corrected chi connectivity index (χ0v) is 17.7. The quantitative estimate of drug-likeness (QED) is 0.309. The van der Waals surface area contributed by atoms with Crippen LogP contribution in [-0.4, -0.2) is 18.0 Å². The van der Waals surface area contributed by atoms with Crippen molar-refractivity contribution in [2.45, 2.75) is 58.2 Å². The van der Waals surface area contributed by atoms with E-state index in [0.29, 0.717) is 16.6 Å². The van der Waals surface area contributed by atoms with Gasteiger partial charge in [-0.05, 0) is 28.8 Å². The fourth-order valence-corrected chi connectivity index (χ4v) is 9.65. The van der Waals surface area contributed by atoms with Crippen molar-refractivity contribution in [2.24, 2.45) is 0 Å². The normalized spacial score (nSPS) is 12.2. The first-order chi connectivity index (χ1) is 12.4. The Bertz CT molecular complexity index is 971. The SMILES string of the molecule is CC(C)[Si](C#Cc1cnc2c(ccc3cccnc32)c1)(C(C)C)C(C)C. The Balaban J connectivity index is 2.10. The molecule has 0 fully saturated rings. The van der Waals surface area contributed by atoms with Crippen LogP contribution in [-0.2, 0) is 0 Å². The average molecular weight is 361 g/mol. The van der Waals surface area contributed by atoms with Crippen molar-refractivity contribution >= 4 is 29.9 Å². The first-order valence-corrected chi connectivity index (χ1v) is 11.8. The van der Waals surface area contributed by atoms with Gasteiger partial charge in [-0.3, -0.25) is 9.97 Å². The van der Waals surface area contributed by atoms with Gasteiger partial charge in [-0.1, -0.05) is 65.7 Å². The molecule has 0 N–H and O–H groups in total. The zero-order chi connectivity index (χ0) is 18.9. The third-order valence-corrected chi connectivity index (χ3v) is 12.0. The Hall–Kier alpha value is -2.18. The van der Waals surface area contributed by atoms with Gasteiger partial charge in [-0.25, -0.2) is 0 Å². The number of benzene rings is 1. The van der Waals surface area contributed by atoms with Crippen LogP contribution in [0.5, 0.6) is 0 Å². The van der Waals surface area contributed by atoms with Crippen LogP contribution in [0, 0.1) is 11.5 Å². The van der Waals surface area contributed by atoms with E-state index in [1.807, 2.05) is 18.5 Å². The minimum absolute atomic E-state index is 0.636. The van der Waals surface area contributed by atoms with Gasteiger partial charge in [0.15, 0.2) is 0 Å². The molecule has 0 aliphatic heterocycles. The Morgan fingerprint density at radius 2 is 1.42 bits per heavy atom. The third-order valence-electron chi connectivity index (χ3n) is 5.71. The van der Waals surface area contributed by atoms with Gasteiger partial charge in [0, 0.05) is 28.7 Å². The van der Waals surface area contributed by atoms with Crippen LogP contribution in [0.2, 0.25) is 16.6 Å². The maximum atomic E-state index is 4.69. The number of aromatic nitrogens is 2. The molecule has 2 aromatic heterocycles. The molecule has 0 spiro atoms. The fraction of sp³-hybridized carbons (Fsp3) is 0.391. The summed E-state index contributed by atoms with van der Waals surface area (Å²) in [6.45, 7) is 14.1. The number of hydrogen-bond acceptors (Lipinski definition) is 2. The number of pyridine rings is 2. The van der Waals surface area contributed by atoms with Gasteiger partial charge < -0.3 is 0 Å². The highest BCUT2D eigenvalue weighted by Crippen LogP contribution is 2.40. The summed E-state index contributed by atoms with van der Waals surface area (Å²) in [5, 5.41) is 2.23. The predicted molar refractivity (Wildman–Crippen MR) is 115 cm³/mol. The lowest BCUT2D eigenvalue weighted by Crippen LogP contribution is -2.43. The predicted octanol–water partition coefficient (Wildman–Crippen LogP) is 6.35. The first-order valence-electron chi connectivity index (χ1n) is 9.53. The van der Waals surface area contributed by atoms with Gasteiger partial charge in [0.1, 0.15) is 8.07 Å². The highest BCUT2D eigenvalue weighted by atomic mass is 28.3. The second kappa shape index (κ2) is 7.21. The van der Waals surface area contributed by atoms with Gasteiger partial charge >= 0.3 is 0 Å². The van der Waals surface area contributed by atoms with E-state index in [9.17, 15) is 0 Å². The molecule has 0 aliphatic rings. The number of fused-ring (bicyclic) bond motifs is 3. The zero-order valence-electron chi connectivity index (χ0n) is 16.7. The van der Waals surface area contributed by atoms with E-state index in [1.54, 1.807) is 0 Å². The summed E-state index contributed by atoms with van der Waals surface area (Å²) < 4.78 is 0.